The predicted molar refractivity (Wildman–Crippen MR) is 147 cm³/mol. The molecule has 1 aromatic carbocycles. The molecule has 2 aromatic rings. The lowest BCUT2D eigenvalue weighted by Gasteiger charge is -2.20. The van der Waals surface area contributed by atoms with E-state index >= 15 is 0 Å². The van der Waals surface area contributed by atoms with Gasteiger partial charge in [0.15, 0.2) is 17.3 Å². The van der Waals surface area contributed by atoms with Crippen LogP contribution in [0.1, 0.15) is 87.7 Å². The molecular weight excluding hydrogens is 476 g/mol. The van der Waals surface area contributed by atoms with Crippen molar-refractivity contribution >= 4 is 11.5 Å². The summed E-state index contributed by atoms with van der Waals surface area (Å²) >= 11 is 0. The van der Waals surface area contributed by atoms with Gasteiger partial charge in [0.25, 0.3) is 0 Å². The fourth-order valence-electron chi connectivity index (χ4n) is 5.29. The molecule has 38 heavy (non-hydrogen) atoms. The third kappa shape index (κ3) is 4.37. The zero-order valence-electron chi connectivity index (χ0n) is 22.9. The topological polar surface area (TPSA) is 84.0 Å². The van der Waals surface area contributed by atoms with Crippen molar-refractivity contribution in [2.75, 3.05) is 14.2 Å². The van der Waals surface area contributed by atoms with Gasteiger partial charge in [-0.05, 0) is 61.1 Å². The predicted octanol–water partition coefficient (Wildman–Crippen LogP) is 7.35. The first-order chi connectivity index (χ1) is 18.3. The van der Waals surface area contributed by atoms with E-state index in [1.807, 2.05) is 18.2 Å². The Morgan fingerprint density at radius 2 is 1.68 bits per heavy atom. The van der Waals surface area contributed by atoms with E-state index in [0.29, 0.717) is 51.8 Å². The first-order valence-electron chi connectivity index (χ1n) is 13.3. The summed E-state index contributed by atoms with van der Waals surface area (Å²) in [6.45, 7) is 16.4. The van der Waals surface area contributed by atoms with Crippen LogP contribution < -0.4 is 14.2 Å². The van der Waals surface area contributed by atoms with Gasteiger partial charge in [0.1, 0.15) is 6.07 Å². The number of aromatic nitrogens is 1. The summed E-state index contributed by atoms with van der Waals surface area (Å²) in [5, 5.41) is 10.2. The van der Waals surface area contributed by atoms with E-state index in [1.54, 1.807) is 14.2 Å². The Bertz CT molecular complexity index is 1430. The maximum atomic E-state index is 10.2. The Hall–Kier alpha value is -3.97. The molecule has 3 aliphatic rings. The second-order valence-electron chi connectivity index (χ2n) is 10.8. The molecule has 2 saturated carbocycles. The minimum Gasteiger partial charge on any atom is -0.493 e. The molecule has 0 spiro atoms. The summed E-state index contributed by atoms with van der Waals surface area (Å²) < 4.78 is 18.1. The van der Waals surface area contributed by atoms with E-state index in [-0.39, 0.29) is 11.8 Å². The largest absolute Gasteiger partial charge is 0.493 e. The number of rotatable bonds is 9. The SMILES string of the molecule is [C-]#[N+]C1=C(C(C)C)C(=C(Oc2c(OC)cccc2OC)c2[nH]c(C3CC3)c(C#N)c2C(C)C)N=C1C1CC1. The van der Waals surface area contributed by atoms with Crippen molar-refractivity contribution in [2.24, 2.45) is 16.8 Å². The average Bonchev–Trinajstić information content (AvgIpc) is 3.85. The van der Waals surface area contributed by atoms with Gasteiger partial charge >= 0.3 is 0 Å². The van der Waals surface area contributed by atoms with Gasteiger partial charge in [0, 0.05) is 17.2 Å². The molecule has 5 rings (SSSR count). The number of para-hydroxylation sites is 1. The Labute approximate surface area is 224 Å². The van der Waals surface area contributed by atoms with Crippen molar-refractivity contribution in [3.05, 3.63) is 69.1 Å². The lowest BCUT2D eigenvalue weighted by Crippen LogP contribution is -2.08. The Morgan fingerprint density at radius 1 is 1.05 bits per heavy atom. The maximum Gasteiger partial charge on any atom is 0.214 e. The zero-order valence-corrected chi connectivity index (χ0v) is 22.9. The Kier molecular flexibility index (Phi) is 6.80. The standard InChI is InChI=1S/C31H34N4O3/c1-16(2)23-20(15-32)25(18-11-12-18)34-28(23)31(38-30-21(36-6)9-8-10-22(30)37-7)29-24(17(3)4)27(33-5)26(35-29)19-13-14-19/h8-10,16-19,34H,11-14H2,1-4,6-7H3. The fourth-order valence-corrected chi connectivity index (χ4v) is 5.29. The van der Waals surface area contributed by atoms with Crippen molar-refractivity contribution in [3.8, 4) is 23.3 Å². The van der Waals surface area contributed by atoms with Gasteiger partial charge in [-0.15, -0.1) is 0 Å². The highest BCUT2D eigenvalue weighted by Crippen LogP contribution is 2.49. The maximum absolute atomic E-state index is 10.2. The van der Waals surface area contributed by atoms with Crippen LogP contribution in [-0.2, 0) is 0 Å². The molecule has 0 amide bonds. The summed E-state index contributed by atoms with van der Waals surface area (Å²) in [4.78, 5) is 12.7. The number of aromatic amines is 1. The molecule has 1 aromatic heterocycles. The molecule has 7 heteroatoms. The Morgan fingerprint density at radius 3 is 2.16 bits per heavy atom. The molecule has 2 fully saturated rings. The smallest absolute Gasteiger partial charge is 0.214 e. The van der Waals surface area contributed by atoms with Crippen molar-refractivity contribution in [3.63, 3.8) is 0 Å². The summed E-state index contributed by atoms with van der Waals surface area (Å²) in [6, 6.07) is 7.98. The van der Waals surface area contributed by atoms with E-state index in [9.17, 15) is 5.26 Å². The number of hydrogen-bond donors (Lipinski definition) is 1. The van der Waals surface area contributed by atoms with Crippen molar-refractivity contribution in [1.82, 2.24) is 4.98 Å². The van der Waals surface area contributed by atoms with Crippen LogP contribution in [0.4, 0.5) is 0 Å². The van der Waals surface area contributed by atoms with E-state index in [4.69, 9.17) is 25.8 Å². The number of H-pyrrole nitrogens is 1. The molecule has 0 saturated heterocycles. The normalized spacial score (nSPS) is 18.4. The number of ether oxygens (including phenoxy) is 3. The number of nitriles is 1. The number of methoxy groups -OCH3 is 2. The summed E-state index contributed by atoms with van der Waals surface area (Å²) in [5.41, 5.74) is 6.31. The fraction of sp³-hybridized carbons (Fsp3) is 0.452. The number of benzene rings is 1. The van der Waals surface area contributed by atoms with Crippen LogP contribution in [0.15, 0.2) is 40.2 Å². The summed E-state index contributed by atoms with van der Waals surface area (Å²) in [5.74, 6) is 2.72. The van der Waals surface area contributed by atoms with E-state index in [1.165, 1.54) is 0 Å². The summed E-state index contributed by atoms with van der Waals surface area (Å²) in [7, 11) is 3.19. The van der Waals surface area contributed by atoms with E-state index < -0.39 is 0 Å². The lowest BCUT2D eigenvalue weighted by atomic mass is 9.93. The minimum absolute atomic E-state index is 0.0445. The molecule has 1 N–H and O–H groups in total. The van der Waals surface area contributed by atoms with E-state index in [0.717, 1.165) is 53.9 Å². The quantitative estimate of drug-likeness (QED) is 0.282. The average molecular weight is 511 g/mol. The van der Waals surface area contributed by atoms with E-state index in [2.05, 4.69) is 43.6 Å². The van der Waals surface area contributed by atoms with Gasteiger partial charge in [-0.25, -0.2) is 4.85 Å². The van der Waals surface area contributed by atoms with Gasteiger partial charge in [-0.1, -0.05) is 33.8 Å². The number of allylic oxidation sites excluding steroid dienone is 2. The third-order valence-electron chi connectivity index (χ3n) is 7.41. The highest BCUT2D eigenvalue weighted by molar-refractivity contribution is 6.10. The van der Waals surface area contributed by atoms with Crippen molar-refractivity contribution in [2.45, 2.75) is 65.2 Å². The first-order valence-corrected chi connectivity index (χ1v) is 13.3. The van der Waals surface area contributed by atoms with Crippen LogP contribution in [0.5, 0.6) is 17.2 Å². The molecular formula is C31H34N4O3. The molecule has 7 nitrogen and oxygen atoms in total. The molecule has 2 heterocycles. The van der Waals surface area contributed by atoms with Gasteiger partial charge in [-0.3, -0.25) is 4.99 Å². The van der Waals surface area contributed by atoms with Crippen LogP contribution in [0.2, 0.25) is 0 Å². The molecule has 1 aliphatic heterocycles. The lowest BCUT2D eigenvalue weighted by molar-refractivity contribution is 0.352. The number of hydrogen-bond acceptors (Lipinski definition) is 5. The van der Waals surface area contributed by atoms with Crippen molar-refractivity contribution in [1.29, 1.82) is 5.26 Å². The monoisotopic (exact) mass is 510 g/mol. The number of nitrogens with one attached hydrogen (secondary N) is 1. The van der Waals surface area contributed by atoms with Crippen LogP contribution in [0, 0.1) is 29.7 Å². The second kappa shape index (κ2) is 10.1. The van der Waals surface area contributed by atoms with Crippen LogP contribution in [-0.4, -0.2) is 24.9 Å². The third-order valence-corrected chi connectivity index (χ3v) is 7.41. The highest BCUT2D eigenvalue weighted by Gasteiger charge is 2.40. The molecule has 0 atom stereocenters. The van der Waals surface area contributed by atoms with Crippen molar-refractivity contribution < 1.29 is 14.2 Å². The zero-order chi connectivity index (χ0) is 27.1. The molecule has 0 unspecified atom stereocenters. The molecule has 2 aliphatic carbocycles. The molecule has 0 bridgehead atoms. The number of aliphatic imine (C=N–C) groups is 1. The van der Waals surface area contributed by atoms with Crippen LogP contribution in [0.25, 0.3) is 10.6 Å². The Balaban J connectivity index is 1.85. The summed E-state index contributed by atoms with van der Waals surface area (Å²) in [6.07, 6.45) is 4.19. The van der Waals surface area contributed by atoms with Crippen LogP contribution in [0.3, 0.4) is 0 Å². The van der Waals surface area contributed by atoms with Gasteiger partial charge in [0.2, 0.25) is 11.4 Å². The number of nitrogens with zero attached hydrogens (tertiary/aromatic N) is 3. The van der Waals surface area contributed by atoms with Gasteiger partial charge < -0.3 is 19.2 Å². The van der Waals surface area contributed by atoms with Gasteiger partial charge in [-0.2, -0.15) is 5.26 Å². The van der Waals surface area contributed by atoms with Crippen LogP contribution >= 0.6 is 0 Å². The second-order valence-corrected chi connectivity index (χ2v) is 10.8. The molecule has 0 radical (unpaired) electrons. The minimum atomic E-state index is 0.0445. The highest BCUT2D eigenvalue weighted by atomic mass is 16.5. The van der Waals surface area contributed by atoms with Gasteiger partial charge in [0.05, 0.1) is 43.5 Å². The first kappa shape index (κ1) is 25.7. The molecule has 196 valence electrons.